The average molecular weight is 138 g/mol. The van der Waals surface area contributed by atoms with Crippen LogP contribution in [0, 0.1) is 6.92 Å². The number of rotatable bonds is 2. The summed E-state index contributed by atoms with van der Waals surface area (Å²) in [5, 5.41) is 0. The van der Waals surface area contributed by atoms with Gasteiger partial charge in [-0.2, -0.15) is 0 Å². The summed E-state index contributed by atoms with van der Waals surface area (Å²) < 4.78 is 4.64. The fraction of sp³-hybridized carbons (Fsp3) is 0.667. The van der Waals surface area contributed by atoms with Crippen molar-refractivity contribution >= 4 is 15.9 Å². The number of hydrogen-bond donors (Lipinski definition) is 0. The molecule has 5 heavy (non-hydrogen) atoms. The highest BCUT2D eigenvalue weighted by Gasteiger charge is 1.65. The highest BCUT2D eigenvalue weighted by molar-refractivity contribution is 9.09. The molecule has 0 spiro atoms. The second-order valence-corrected chi connectivity index (χ2v) is 0.975. The summed E-state index contributed by atoms with van der Waals surface area (Å²) in [6.07, 6.45) is 0. The fourth-order valence-electron chi connectivity index (χ4n) is 0.0546. The summed E-state index contributed by atoms with van der Waals surface area (Å²) in [5.74, 6) is 0. The molecule has 31 valence electrons. The van der Waals surface area contributed by atoms with Crippen LogP contribution in [0.25, 0.3) is 0 Å². The molecule has 0 amide bonds. The van der Waals surface area contributed by atoms with Gasteiger partial charge in [-0.25, -0.2) is 0 Å². The lowest BCUT2D eigenvalue weighted by atomic mass is 10.9. The maximum absolute atomic E-state index is 4.64. The van der Waals surface area contributed by atoms with E-state index in [4.69, 9.17) is 0 Å². The number of hydrogen-bond acceptors (Lipinski definition) is 1. The third kappa shape index (κ3) is 4.44. The van der Waals surface area contributed by atoms with Gasteiger partial charge in [0.2, 0.25) is 0 Å². The molecule has 0 aliphatic carbocycles. The lowest BCUT2D eigenvalue weighted by molar-refractivity contribution is 0.219. The van der Waals surface area contributed by atoms with E-state index in [1.165, 1.54) is 0 Å². The Morgan fingerprint density at radius 1 is 1.80 bits per heavy atom. The van der Waals surface area contributed by atoms with Gasteiger partial charge in [0, 0.05) is 6.61 Å². The van der Waals surface area contributed by atoms with E-state index in [0.29, 0.717) is 12.1 Å². The molecule has 0 aliphatic heterocycles. The van der Waals surface area contributed by atoms with Crippen LogP contribution >= 0.6 is 15.9 Å². The van der Waals surface area contributed by atoms with Gasteiger partial charge in [-0.05, 0) is 6.92 Å². The number of alkyl halides is 1. The van der Waals surface area contributed by atoms with Crippen molar-refractivity contribution in [1.82, 2.24) is 0 Å². The summed E-state index contributed by atoms with van der Waals surface area (Å²) in [4.78, 5) is 0. The summed E-state index contributed by atoms with van der Waals surface area (Å²) in [6.45, 7) is 3.97. The van der Waals surface area contributed by atoms with Crippen LogP contribution in [-0.2, 0) is 4.74 Å². The lowest BCUT2D eigenvalue weighted by Gasteiger charge is -1.84. The molecule has 0 aromatic carbocycles. The third-order valence-electron chi connectivity index (χ3n) is 0.221. The summed E-state index contributed by atoms with van der Waals surface area (Å²) >= 11 is 3.05. The zero-order valence-corrected chi connectivity index (χ0v) is 4.49. The number of ether oxygens (including phenoxy) is 1. The Morgan fingerprint density at radius 2 is 2.40 bits per heavy atom. The van der Waals surface area contributed by atoms with Crippen molar-refractivity contribution < 1.29 is 4.74 Å². The molecule has 0 unspecified atom stereocenters. The summed E-state index contributed by atoms with van der Waals surface area (Å²) in [5.41, 5.74) is 0.594. The largest absolute Gasteiger partial charge is 0.370 e. The van der Waals surface area contributed by atoms with Gasteiger partial charge < -0.3 is 4.74 Å². The van der Waals surface area contributed by atoms with Crippen molar-refractivity contribution in [2.75, 3.05) is 12.1 Å². The standard InChI is InChI=1S/C3H6BrO/c1-2-5-3-4/h1-3H2. The molecule has 1 radical (unpaired) electrons. The van der Waals surface area contributed by atoms with Gasteiger partial charge in [-0.3, -0.25) is 0 Å². The zero-order valence-electron chi connectivity index (χ0n) is 2.91. The van der Waals surface area contributed by atoms with Gasteiger partial charge in [0.1, 0.15) is 5.52 Å². The Balaban J connectivity index is 2.19. The molecule has 0 atom stereocenters. The molecule has 2 heteroatoms. The average Bonchev–Trinajstić information content (AvgIpc) is 1.41. The van der Waals surface area contributed by atoms with Crippen molar-refractivity contribution in [3.05, 3.63) is 6.92 Å². The highest BCUT2D eigenvalue weighted by Crippen LogP contribution is 1.77. The van der Waals surface area contributed by atoms with Gasteiger partial charge in [-0.1, -0.05) is 15.9 Å². The topological polar surface area (TPSA) is 9.23 Å². The predicted molar refractivity (Wildman–Crippen MR) is 25.1 cm³/mol. The van der Waals surface area contributed by atoms with Crippen LogP contribution in [0.5, 0.6) is 0 Å². The molecule has 0 saturated carbocycles. The maximum atomic E-state index is 4.64. The maximum Gasteiger partial charge on any atom is 0.101 e. The summed E-state index contributed by atoms with van der Waals surface area (Å²) in [6, 6.07) is 0. The Morgan fingerprint density at radius 3 is 2.40 bits per heavy atom. The van der Waals surface area contributed by atoms with Gasteiger partial charge in [0.05, 0.1) is 0 Å². The van der Waals surface area contributed by atoms with Crippen LogP contribution in [0.15, 0.2) is 0 Å². The van der Waals surface area contributed by atoms with E-state index < -0.39 is 0 Å². The first-order valence-corrected chi connectivity index (χ1v) is 2.47. The van der Waals surface area contributed by atoms with Crippen molar-refractivity contribution in [2.24, 2.45) is 0 Å². The van der Waals surface area contributed by atoms with E-state index in [0.717, 1.165) is 0 Å². The monoisotopic (exact) mass is 137 g/mol. The van der Waals surface area contributed by atoms with Crippen molar-refractivity contribution in [2.45, 2.75) is 0 Å². The molecule has 0 aromatic heterocycles. The van der Waals surface area contributed by atoms with Crippen LogP contribution in [0.2, 0.25) is 0 Å². The SMILES string of the molecule is [CH2]COCBr. The van der Waals surface area contributed by atoms with Gasteiger partial charge >= 0.3 is 0 Å². The lowest BCUT2D eigenvalue weighted by Crippen LogP contribution is -1.81. The molecule has 0 bridgehead atoms. The highest BCUT2D eigenvalue weighted by atomic mass is 79.9. The first-order valence-electron chi connectivity index (χ1n) is 1.34. The molecule has 0 aliphatic rings. The molecule has 0 N–H and O–H groups in total. The Bertz CT molecular complexity index is 14.4. The quantitative estimate of drug-likeness (QED) is 0.520. The second kappa shape index (κ2) is 4.44. The molecule has 0 fully saturated rings. The minimum atomic E-state index is 0.547. The second-order valence-electron chi connectivity index (χ2n) is 0.517. The normalized spacial score (nSPS) is 8.40. The van der Waals surface area contributed by atoms with E-state index >= 15 is 0 Å². The number of halogens is 1. The molecule has 1 nitrogen and oxygen atoms in total. The zero-order chi connectivity index (χ0) is 4.12. The van der Waals surface area contributed by atoms with Crippen LogP contribution in [0.1, 0.15) is 0 Å². The third-order valence-corrected chi connectivity index (χ3v) is 0.545. The van der Waals surface area contributed by atoms with E-state index in [2.05, 4.69) is 27.6 Å². The van der Waals surface area contributed by atoms with E-state index in [9.17, 15) is 0 Å². The van der Waals surface area contributed by atoms with Crippen LogP contribution in [-0.4, -0.2) is 12.1 Å². The van der Waals surface area contributed by atoms with Gasteiger partial charge in [0.15, 0.2) is 0 Å². The van der Waals surface area contributed by atoms with E-state index in [1.807, 2.05) is 0 Å². The first-order chi connectivity index (χ1) is 2.41. The van der Waals surface area contributed by atoms with Crippen molar-refractivity contribution in [3.63, 3.8) is 0 Å². The first kappa shape index (κ1) is 5.44. The molecule has 0 heterocycles. The van der Waals surface area contributed by atoms with Crippen LogP contribution in [0.3, 0.4) is 0 Å². The Labute approximate surface area is 40.5 Å². The molecule has 0 aromatic rings. The van der Waals surface area contributed by atoms with Crippen LogP contribution in [0.4, 0.5) is 0 Å². The molecular formula is C3H6BrO. The Kier molecular flexibility index (Phi) is 4.83. The molecule has 0 rings (SSSR count). The summed E-state index contributed by atoms with van der Waals surface area (Å²) in [7, 11) is 0. The van der Waals surface area contributed by atoms with Crippen molar-refractivity contribution in [1.29, 1.82) is 0 Å². The fourth-order valence-corrected chi connectivity index (χ4v) is 0.283. The predicted octanol–water partition coefficient (Wildman–Crippen LogP) is 1.19. The van der Waals surface area contributed by atoms with E-state index in [-0.39, 0.29) is 0 Å². The van der Waals surface area contributed by atoms with E-state index in [1.54, 1.807) is 0 Å². The molecule has 0 saturated heterocycles. The smallest absolute Gasteiger partial charge is 0.101 e. The minimum absolute atomic E-state index is 0.547. The molecular weight excluding hydrogens is 132 g/mol. The van der Waals surface area contributed by atoms with Gasteiger partial charge in [-0.15, -0.1) is 0 Å². The van der Waals surface area contributed by atoms with Crippen LogP contribution < -0.4 is 0 Å². The Hall–Kier alpha value is 0.440. The minimum Gasteiger partial charge on any atom is -0.370 e. The van der Waals surface area contributed by atoms with Crippen molar-refractivity contribution in [3.8, 4) is 0 Å². The van der Waals surface area contributed by atoms with Gasteiger partial charge in [0.25, 0.3) is 0 Å².